The van der Waals surface area contributed by atoms with Gasteiger partial charge in [-0.25, -0.2) is 0 Å². The second kappa shape index (κ2) is 6.01. The van der Waals surface area contributed by atoms with Gasteiger partial charge in [0.25, 0.3) is 5.91 Å². The minimum atomic E-state index is -0.793. The van der Waals surface area contributed by atoms with Crippen LogP contribution in [-0.2, 0) is 4.79 Å². The molecule has 1 aliphatic heterocycles. The molecule has 6 heteroatoms. The van der Waals surface area contributed by atoms with Crippen LogP contribution in [0.5, 0.6) is 0 Å². The minimum Gasteiger partial charge on any atom is -0.481 e. The zero-order chi connectivity index (χ0) is 15.5. The Bertz CT molecular complexity index is 672. The average Bonchev–Trinajstić information content (AvgIpc) is 3.05. The highest BCUT2D eigenvalue weighted by molar-refractivity contribution is 5.92. The van der Waals surface area contributed by atoms with E-state index in [-0.39, 0.29) is 17.6 Å². The second-order valence-electron chi connectivity index (χ2n) is 5.35. The maximum Gasteiger partial charge on any atom is 0.306 e. The summed E-state index contributed by atoms with van der Waals surface area (Å²) >= 11 is 0. The van der Waals surface area contributed by atoms with Crippen LogP contribution in [0.4, 0.5) is 0 Å². The number of amides is 1. The summed E-state index contributed by atoms with van der Waals surface area (Å²) in [4.78, 5) is 24.9. The highest BCUT2D eigenvalue weighted by atomic mass is 16.5. The smallest absolute Gasteiger partial charge is 0.306 e. The number of likely N-dealkylation sites (tertiary alicyclic amines) is 1. The molecule has 1 saturated heterocycles. The molecule has 2 heterocycles. The number of hydrogen-bond donors (Lipinski definition) is 1. The number of aliphatic carboxylic acids is 1. The topological polar surface area (TPSA) is 83.6 Å². The fraction of sp³-hybridized carbons (Fsp3) is 0.312. The lowest BCUT2D eigenvalue weighted by Gasteiger charge is -2.29. The van der Waals surface area contributed by atoms with Crippen molar-refractivity contribution in [3.8, 4) is 11.3 Å². The summed E-state index contributed by atoms with van der Waals surface area (Å²) in [6, 6.07) is 11.1. The highest BCUT2D eigenvalue weighted by Gasteiger charge is 2.29. The zero-order valence-corrected chi connectivity index (χ0v) is 11.9. The van der Waals surface area contributed by atoms with E-state index in [1.165, 1.54) is 0 Å². The maximum absolute atomic E-state index is 12.4. The SMILES string of the molecule is O=C(O)C1CCN(C(=O)c2cc(-c3ccccc3)no2)CC1. The lowest BCUT2D eigenvalue weighted by Crippen LogP contribution is -2.40. The Morgan fingerprint density at radius 1 is 1.18 bits per heavy atom. The van der Waals surface area contributed by atoms with E-state index in [1.807, 2.05) is 30.3 Å². The Morgan fingerprint density at radius 3 is 2.50 bits per heavy atom. The number of carbonyl (C=O) groups is 2. The number of aromatic nitrogens is 1. The van der Waals surface area contributed by atoms with Gasteiger partial charge in [0, 0.05) is 24.7 Å². The molecule has 1 N–H and O–H groups in total. The van der Waals surface area contributed by atoms with Gasteiger partial charge in [-0.2, -0.15) is 0 Å². The van der Waals surface area contributed by atoms with Gasteiger partial charge in [0.05, 0.1) is 5.92 Å². The molecule has 22 heavy (non-hydrogen) atoms. The molecule has 1 aromatic heterocycles. The van der Waals surface area contributed by atoms with Crippen molar-refractivity contribution >= 4 is 11.9 Å². The molecule has 0 radical (unpaired) electrons. The van der Waals surface area contributed by atoms with Gasteiger partial charge in [0.15, 0.2) is 0 Å². The molecule has 1 fully saturated rings. The van der Waals surface area contributed by atoms with Crippen LogP contribution in [0.3, 0.4) is 0 Å². The molecular formula is C16H16N2O4. The summed E-state index contributed by atoms with van der Waals surface area (Å²) < 4.78 is 5.15. The Balaban J connectivity index is 1.69. The summed E-state index contributed by atoms with van der Waals surface area (Å²) in [6.07, 6.45) is 0.946. The van der Waals surface area contributed by atoms with Crippen molar-refractivity contribution in [3.05, 3.63) is 42.2 Å². The van der Waals surface area contributed by atoms with Crippen LogP contribution >= 0.6 is 0 Å². The molecule has 0 aliphatic carbocycles. The van der Waals surface area contributed by atoms with Gasteiger partial charge in [0.1, 0.15) is 5.69 Å². The Labute approximate surface area is 127 Å². The summed E-state index contributed by atoms with van der Waals surface area (Å²) in [5, 5.41) is 12.9. The molecule has 3 rings (SSSR count). The first kappa shape index (κ1) is 14.3. The maximum atomic E-state index is 12.4. The summed E-state index contributed by atoms with van der Waals surface area (Å²) in [5.41, 5.74) is 1.50. The number of carbonyl (C=O) groups excluding carboxylic acids is 1. The fourth-order valence-corrected chi connectivity index (χ4v) is 2.61. The number of benzene rings is 1. The summed E-state index contributed by atoms with van der Waals surface area (Å²) in [7, 11) is 0. The zero-order valence-electron chi connectivity index (χ0n) is 11.9. The molecule has 0 unspecified atom stereocenters. The quantitative estimate of drug-likeness (QED) is 0.940. The minimum absolute atomic E-state index is 0.188. The van der Waals surface area contributed by atoms with Crippen LogP contribution in [0.15, 0.2) is 40.9 Å². The van der Waals surface area contributed by atoms with E-state index in [2.05, 4.69) is 5.16 Å². The van der Waals surface area contributed by atoms with E-state index in [9.17, 15) is 9.59 Å². The van der Waals surface area contributed by atoms with Crippen LogP contribution in [-0.4, -0.2) is 40.1 Å². The molecule has 0 saturated carbocycles. The molecule has 1 aromatic carbocycles. The first-order chi connectivity index (χ1) is 10.6. The van der Waals surface area contributed by atoms with E-state index < -0.39 is 5.97 Å². The van der Waals surface area contributed by atoms with Gasteiger partial charge in [-0.05, 0) is 12.8 Å². The third-order valence-electron chi connectivity index (χ3n) is 3.92. The van der Waals surface area contributed by atoms with Crippen LogP contribution < -0.4 is 0 Å². The molecular weight excluding hydrogens is 284 g/mol. The number of rotatable bonds is 3. The molecule has 1 amide bonds. The van der Waals surface area contributed by atoms with Crippen LogP contribution in [0.2, 0.25) is 0 Å². The number of carboxylic acid groups (broad SMARTS) is 1. The van der Waals surface area contributed by atoms with Crippen molar-refractivity contribution in [2.45, 2.75) is 12.8 Å². The van der Waals surface area contributed by atoms with Crippen molar-refractivity contribution in [2.75, 3.05) is 13.1 Å². The van der Waals surface area contributed by atoms with Gasteiger partial charge in [-0.15, -0.1) is 0 Å². The van der Waals surface area contributed by atoms with Gasteiger partial charge < -0.3 is 14.5 Å². The molecule has 0 spiro atoms. The lowest BCUT2D eigenvalue weighted by molar-refractivity contribution is -0.143. The fourth-order valence-electron chi connectivity index (χ4n) is 2.61. The predicted molar refractivity (Wildman–Crippen MR) is 78.2 cm³/mol. The summed E-state index contributed by atoms with van der Waals surface area (Å²) in [6.45, 7) is 0.855. The van der Waals surface area contributed by atoms with Crippen molar-refractivity contribution < 1.29 is 19.2 Å². The van der Waals surface area contributed by atoms with E-state index in [4.69, 9.17) is 9.63 Å². The van der Waals surface area contributed by atoms with Gasteiger partial charge in [0.2, 0.25) is 5.76 Å². The molecule has 114 valence electrons. The van der Waals surface area contributed by atoms with Crippen LogP contribution in [0.1, 0.15) is 23.4 Å². The number of carboxylic acids is 1. The van der Waals surface area contributed by atoms with E-state index in [0.29, 0.717) is 31.6 Å². The average molecular weight is 300 g/mol. The van der Waals surface area contributed by atoms with E-state index in [1.54, 1.807) is 11.0 Å². The van der Waals surface area contributed by atoms with Crippen LogP contribution in [0, 0.1) is 5.92 Å². The van der Waals surface area contributed by atoms with Crippen molar-refractivity contribution in [3.63, 3.8) is 0 Å². The highest BCUT2D eigenvalue weighted by Crippen LogP contribution is 2.22. The van der Waals surface area contributed by atoms with E-state index >= 15 is 0 Å². The predicted octanol–water partition coefficient (Wildman–Crippen LogP) is 2.28. The Morgan fingerprint density at radius 2 is 1.86 bits per heavy atom. The van der Waals surface area contributed by atoms with Gasteiger partial charge in [-0.1, -0.05) is 35.5 Å². The first-order valence-electron chi connectivity index (χ1n) is 7.19. The summed E-state index contributed by atoms with van der Waals surface area (Å²) in [5.74, 6) is -1.21. The van der Waals surface area contributed by atoms with Crippen molar-refractivity contribution in [2.24, 2.45) is 5.92 Å². The number of nitrogens with zero attached hydrogens (tertiary/aromatic N) is 2. The Kier molecular flexibility index (Phi) is 3.91. The first-order valence-corrected chi connectivity index (χ1v) is 7.19. The standard InChI is InChI=1S/C16H16N2O4/c19-15(18-8-6-12(7-9-18)16(20)21)14-10-13(17-22-14)11-4-2-1-3-5-11/h1-5,10,12H,6-9H2,(H,20,21). The van der Waals surface area contributed by atoms with Crippen molar-refractivity contribution in [1.29, 1.82) is 0 Å². The number of piperidine rings is 1. The molecule has 1 aliphatic rings. The van der Waals surface area contributed by atoms with E-state index in [0.717, 1.165) is 5.56 Å². The number of hydrogen-bond acceptors (Lipinski definition) is 4. The van der Waals surface area contributed by atoms with Gasteiger partial charge in [-0.3, -0.25) is 9.59 Å². The third kappa shape index (κ3) is 2.86. The molecule has 2 aromatic rings. The lowest BCUT2D eigenvalue weighted by atomic mass is 9.97. The molecule has 0 bridgehead atoms. The molecule has 0 atom stereocenters. The second-order valence-corrected chi connectivity index (χ2v) is 5.35. The third-order valence-corrected chi connectivity index (χ3v) is 3.92. The van der Waals surface area contributed by atoms with Gasteiger partial charge >= 0.3 is 5.97 Å². The monoisotopic (exact) mass is 300 g/mol. The largest absolute Gasteiger partial charge is 0.481 e. The molecule has 6 nitrogen and oxygen atoms in total. The Hall–Kier alpha value is -2.63. The van der Waals surface area contributed by atoms with Crippen LogP contribution in [0.25, 0.3) is 11.3 Å². The van der Waals surface area contributed by atoms with Crippen molar-refractivity contribution in [1.82, 2.24) is 10.1 Å². The normalized spacial score (nSPS) is 15.7.